The number of halogens is 1. The Balaban J connectivity index is 1.97. The Bertz CT molecular complexity index is 888. The number of hydrogen-bond acceptors (Lipinski definition) is 6. The standard InChI is InChI=1S/C19H20ClN5O/c1-12-9-14(6-7-15(12)20)23-18-10-17(16-5-3-4-8-21-16)24-19(25-18)22-13(2)11-26/h3-10,13,26H,11H2,1-2H3,(H2,22,23,24,25)/t13-/m0/s1. The summed E-state index contributed by atoms with van der Waals surface area (Å²) in [5, 5.41) is 16.4. The normalized spacial score (nSPS) is 11.8. The van der Waals surface area contributed by atoms with Crippen LogP contribution in [-0.4, -0.2) is 32.7 Å². The quantitative estimate of drug-likeness (QED) is 0.608. The zero-order chi connectivity index (χ0) is 18.5. The van der Waals surface area contributed by atoms with Crippen LogP contribution in [0.4, 0.5) is 17.5 Å². The molecule has 3 aromatic rings. The van der Waals surface area contributed by atoms with Crippen LogP contribution in [0.3, 0.4) is 0 Å². The fourth-order valence-corrected chi connectivity index (χ4v) is 2.48. The molecule has 1 atom stereocenters. The molecule has 134 valence electrons. The van der Waals surface area contributed by atoms with Gasteiger partial charge in [-0.1, -0.05) is 17.7 Å². The number of benzene rings is 1. The molecule has 0 aliphatic heterocycles. The van der Waals surface area contributed by atoms with Gasteiger partial charge in [0.2, 0.25) is 5.95 Å². The maximum Gasteiger partial charge on any atom is 0.225 e. The molecule has 2 aromatic heterocycles. The van der Waals surface area contributed by atoms with E-state index in [4.69, 9.17) is 11.6 Å². The zero-order valence-corrected chi connectivity index (χ0v) is 15.3. The third kappa shape index (κ3) is 4.47. The molecular weight excluding hydrogens is 350 g/mol. The monoisotopic (exact) mass is 369 g/mol. The summed E-state index contributed by atoms with van der Waals surface area (Å²) in [4.78, 5) is 13.3. The highest BCUT2D eigenvalue weighted by Crippen LogP contribution is 2.25. The summed E-state index contributed by atoms with van der Waals surface area (Å²) in [6.07, 6.45) is 1.72. The number of aryl methyl sites for hydroxylation is 1. The molecule has 7 heteroatoms. The molecule has 0 saturated carbocycles. The van der Waals surface area contributed by atoms with Gasteiger partial charge in [0.1, 0.15) is 5.82 Å². The van der Waals surface area contributed by atoms with E-state index in [9.17, 15) is 5.11 Å². The van der Waals surface area contributed by atoms with Crippen LogP contribution in [0.1, 0.15) is 12.5 Å². The van der Waals surface area contributed by atoms with Crippen LogP contribution in [0, 0.1) is 6.92 Å². The van der Waals surface area contributed by atoms with Gasteiger partial charge in [-0.05, 0) is 49.7 Å². The Labute approximate surface area is 157 Å². The molecule has 6 nitrogen and oxygen atoms in total. The Morgan fingerprint density at radius 2 is 1.96 bits per heavy atom. The maximum atomic E-state index is 9.28. The second-order valence-electron chi connectivity index (χ2n) is 5.99. The first-order chi connectivity index (χ1) is 12.5. The van der Waals surface area contributed by atoms with E-state index < -0.39 is 0 Å². The summed E-state index contributed by atoms with van der Waals surface area (Å²) in [6.45, 7) is 3.78. The molecule has 0 bridgehead atoms. The van der Waals surface area contributed by atoms with E-state index in [2.05, 4.69) is 25.6 Å². The largest absolute Gasteiger partial charge is 0.394 e. The molecule has 3 N–H and O–H groups in total. The van der Waals surface area contributed by atoms with E-state index >= 15 is 0 Å². The van der Waals surface area contributed by atoms with E-state index in [-0.39, 0.29) is 12.6 Å². The Hall–Kier alpha value is -2.70. The topological polar surface area (TPSA) is 83.0 Å². The predicted molar refractivity (Wildman–Crippen MR) is 105 cm³/mol. The molecule has 0 amide bonds. The molecule has 26 heavy (non-hydrogen) atoms. The van der Waals surface area contributed by atoms with Crippen molar-refractivity contribution in [1.29, 1.82) is 0 Å². The van der Waals surface area contributed by atoms with E-state index in [0.29, 0.717) is 22.5 Å². The second-order valence-corrected chi connectivity index (χ2v) is 6.40. The van der Waals surface area contributed by atoms with E-state index in [1.54, 1.807) is 6.20 Å². The van der Waals surface area contributed by atoms with Gasteiger partial charge in [-0.25, -0.2) is 4.98 Å². The number of pyridine rings is 1. The van der Waals surface area contributed by atoms with Crippen molar-refractivity contribution < 1.29 is 5.11 Å². The first kappa shape index (κ1) is 18.1. The van der Waals surface area contributed by atoms with Crippen molar-refractivity contribution in [2.24, 2.45) is 0 Å². The first-order valence-electron chi connectivity index (χ1n) is 8.26. The SMILES string of the molecule is Cc1cc(Nc2cc(-c3ccccn3)nc(N[C@@H](C)CO)n2)ccc1Cl. The number of rotatable bonds is 6. The third-order valence-corrected chi connectivity index (χ3v) is 4.16. The van der Waals surface area contributed by atoms with Gasteiger partial charge in [0, 0.05) is 29.0 Å². The van der Waals surface area contributed by atoms with Crippen LogP contribution in [-0.2, 0) is 0 Å². The Morgan fingerprint density at radius 3 is 2.65 bits per heavy atom. The van der Waals surface area contributed by atoms with Crippen LogP contribution >= 0.6 is 11.6 Å². The second kappa shape index (κ2) is 8.12. The van der Waals surface area contributed by atoms with Crippen molar-refractivity contribution in [2.75, 3.05) is 17.2 Å². The highest BCUT2D eigenvalue weighted by molar-refractivity contribution is 6.31. The fraction of sp³-hybridized carbons (Fsp3) is 0.211. The lowest BCUT2D eigenvalue weighted by Crippen LogP contribution is -2.21. The molecule has 0 fully saturated rings. The predicted octanol–water partition coefficient (Wildman–Crippen LogP) is 4.04. The lowest BCUT2D eigenvalue weighted by molar-refractivity contribution is 0.281. The average Bonchev–Trinajstić information content (AvgIpc) is 2.65. The van der Waals surface area contributed by atoms with Crippen LogP contribution in [0.15, 0.2) is 48.7 Å². The molecular formula is C19H20ClN5O. The highest BCUT2D eigenvalue weighted by Gasteiger charge is 2.10. The molecule has 0 aliphatic rings. The maximum absolute atomic E-state index is 9.28. The molecule has 0 saturated heterocycles. The van der Waals surface area contributed by atoms with Gasteiger partial charge in [0.15, 0.2) is 0 Å². The zero-order valence-electron chi connectivity index (χ0n) is 14.6. The number of aliphatic hydroxyl groups excluding tert-OH is 1. The number of nitrogens with one attached hydrogen (secondary N) is 2. The molecule has 1 aromatic carbocycles. The van der Waals surface area contributed by atoms with Crippen LogP contribution < -0.4 is 10.6 Å². The van der Waals surface area contributed by atoms with Gasteiger partial charge >= 0.3 is 0 Å². The summed E-state index contributed by atoms with van der Waals surface area (Å²) < 4.78 is 0. The van der Waals surface area contributed by atoms with Gasteiger partial charge in [-0.3, -0.25) is 4.98 Å². The van der Waals surface area contributed by atoms with Gasteiger partial charge in [-0.15, -0.1) is 0 Å². The van der Waals surface area contributed by atoms with E-state index in [1.165, 1.54) is 0 Å². The molecule has 3 rings (SSSR count). The van der Waals surface area contributed by atoms with E-state index in [0.717, 1.165) is 16.9 Å². The summed E-state index contributed by atoms with van der Waals surface area (Å²) in [6, 6.07) is 13.0. The van der Waals surface area contributed by atoms with Crippen molar-refractivity contribution in [2.45, 2.75) is 19.9 Å². The van der Waals surface area contributed by atoms with Crippen LogP contribution in [0.2, 0.25) is 5.02 Å². The van der Waals surface area contributed by atoms with Gasteiger partial charge < -0.3 is 15.7 Å². The molecule has 2 heterocycles. The van der Waals surface area contributed by atoms with E-state index in [1.807, 2.05) is 56.3 Å². The number of anilines is 3. The molecule has 0 aliphatic carbocycles. The smallest absolute Gasteiger partial charge is 0.225 e. The lowest BCUT2D eigenvalue weighted by Gasteiger charge is -2.14. The summed E-state index contributed by atoms with van der Waals surface area (Å²) in [5.41, 5.74) is 3.27. The fourth-order valence-electron chi connectivity index (χ4n) is 2.36. The number of aromatic nitrogens is 3. The van der Waals surface area contributed by atoms with Crippen LogP contribution in [0.5, 0.6) is 0 Å². The Kier molecular flexibility index (Phi) is 5.65. The van der Waals surface area contributed by atoms with Crippen molar-refractivity contribution in [1.82, 2.24) is 15.0 Å². The van der Waals surface area contributed by atoms with Crippen molar-refractivity contribution in [3.8, 4) is 11.4 Å². The van der Waals surface area contributed by atoms with Crippen molar-refractivity contribution >= 4 is 29.1 Å². The number of aliphatic hydroxyl groups is 1. The summed E-state index contributed by atoms with van der Waals surface area (Å²) in [5.74, 6) is 1.04. The van der Waals surface area contributed by atoms with Crippen molar-refractivity contribution in [3.05, 3.63) is 59.2 Å². The van der Waals surface area contributed by atoms with Gasteiger partial charge in [0.05, 0.1) is 18.0 Å². The lowest BCUT2D eigenvalue weighted by atomic mass is 10.2. The van der Waals surface area contributed by atoms with Crippen molar-refractivity contribution in [3.63, 3.8) is 0 Å². The highest BCUT2D eigenvalue weighted by atomic mass is 35.5. The van der Waals surface area contributed by atoms with Gasteiger partial charge in [0.25, 0.3) is 0 Å². The minimum atomic E-state index is -0.167. The summed E-state index contributed by atoms with van der Waals surface area (Å²) in [7, 11) is 0. The number of hydrogen-bond donors (Lipinski definition) is 3. The summed E-state index contributed by atoms with van der Waals surface area (Å²) >= 11 is 6.09. The third-order valence-electron chi connectivity index (χ3n) is 3.73. The first-order valence-corrected chi connectivity index (χ1v) is 8.64. The average molecular weight is 370 g/mol. The molecule has 0 spiro atoms. The molecule has 0 radical (unpaired) electrons. The minimum absolute atomic E-state index is 0.0175. The molecule has 0 unspecified atom stereocenters. The minimum Gasteiger partial charge on any atom is -0.394 e. The number of nitrogens with zero attached hydrogens (tertiary/aromatic N) is 3. The van der Waals surface area contributed by atoms with Gasteiger partial charge in [-0.2, -0.15) is 4.98 Å². The Morgan fingerprint density at radius 1 is 1.12 bits per heavy atom. The van der Waals surface area contributed by atoms with Crippen LogP contribution in [0.25, 0.3) is 11.4 Å².